The van der Waals surface area contributed by atoms with Crippen LogP contribution in [0.15, 0.2) is 12.1 Å². The molecule has 0 bridgehead atoms. The molecular formula is C20H24N2O4. The molecule has 1 N–H and O–H groups in total. The summed E-state index contributed by atoms with van der Waals surface area (Å²) in [7, 11) is 1.67. The van der Waals surface area contributed by atoms with Gasteiger partial charge >= 0.3 is 0 Å². The van der Waals surface area contributed by atoms with Crippen LogP contribution in [0.2, 0.25) is 0 Å². The molecule has 2 aliphatic heterocycles. The standard InChI is InChI=1S/C20H24N2O4/c1-26-14-8-13-10-22(20(25)15-6-7-18(23)21-19(15)24)11-17(13)16(9-14)12-4-2-3-5-12/h8-9,12,15H,2-7,10-11H2,1H3,(H,21,23,24). The number of nitrogens with one attached hydrogen (secondary N) is 1. The third-order valence-electron chi connectivity index (χ3n) is 5.94. The van der Waals surface area contributed by atoms with Gasteiger partial charge in [-0.1, -0.05) is 12.8 Å². The summed E-state index contributed by atoms with van der Waals surface area (Å²) in [6, 6.07) is 4.13. The number of hydrogen-bond acceptors (Lipinski definition) is 4. The Labute approximate surface area is 152 Å². The normalized spacial score (nSPS) is 23.1. The highest BCUT2D eigenvalue weighted by Crippen LogP contribution is 2.41. The summed E-state index contributed by atoms with van der Waals surface area (Å²) < 4.78 is 5.48. The summed E-state index contributed by atoms with van der Waals surface area (Å²) in [5, 5.41) is 2.28. The highest BCUT2D eigenvalue weighted by atomic mass is 16.5. The van der Waals surface area contributed by atoms with Gasteiger partial charge in [0.15, 0.2) is 0 Å². The van der Waals surface area contributed by atoms with Gasteiger partial charge in [-0.15, -0.1) is 0 Å². The van der Waals surface area contributed by atoms with E-state index in [0.717, 1.165) is 11.3 Å². The summed E-state index contributed by atoms with van der Waals surface area (Å²) in [4.78, 5) is 38.0. The van der Waals surface area contributed by atoms with Crippen molar-refractivity contribution in [1.82, 2.24) is 10.2 Å². The van der Waals surface area contributed by atoms with Gasteiger partial charge in [-0.2, -0.15) is 0 Å². The number of methoxy groups -OCH3 is 1. The number of hydrogen-bond donors (Lipinski definition) is 1. The fourth-order valence-electron chi connectivity index (χ4n) is 4.54. The number of nitrogens with zero attached hydrogens (tertiary/aromatic N) is 1. The molecule has 4 rings (SSSR count). The Balaban J connectivity index is 1.58. The first-order chi connectivity index (χ1) is 12.6. The molecule has 1 atom stereocenters. The number of carbonyl (C=O) groups is 3. The molecule has 3 amide bonds. The van der Waals surface area contributed by atoms with Crippen molar-refractivity contribution < 1.29 is 19.1 Å². The van der Waals surface area contributed by atoms with Crippen LogP contribution in [0, 0.1) is 5.92 Å². The first-order valence-corrected chi connectivity index (χ1v) is 9.39. The van der Waals surface area contributed by atoms with Crippen molar-refractivity contribution in [3.05, 3.63) is 28.8 Å². The molecule has 1 unspecified atom stereocenters. The van der Waals surface area contributed by atoms with E-state index >= 15 is 0 Å². The maximum atomic E-state index is 12.9. The Kier molecular flexibility index (Phi) is 4.42. The van der Waals surface area contributed by atoms with Crippen molar-refractivity contribution in [3.8, 4) is 5.75 Å². The molecule has 0 radical (unpaired) electrons. The molecule has 0 aromatic heterocycles. The van der Waals surface area contributed by atoms with Crippen LogP contribution in [-0.4, -0.2) is 29.7 Å². The van der Waals surface area contributed by atoms with E-state index in [1.165, 1.54) is 36.8 Å². The van der Waals surface area contributed by atoms with Gasteiger partial charge in [0.25, 0.3) is 0 Å². The van der Waals surface area contributed by atoms with Gasteiger partial charge in [-0.25, -0.2) is 0 Å². The number of amides is 3. The van der Waals surface area contributed by atoms with E-state index in [1.807, 2.05) is 6.07 Å². The first kappa shape index (κ1) is 17.1. The lowest BCUT2D eigenvalue weighted by atomic mass is 9.91. The topological polar surface area (TPSA) is 75.7 Å². The highest BCUT2D eigenvalue weighted by Gasteiger charge is 2.38. The third kappa shape index (κ3) is 2.97. The minimum absolute atomic E-state index is 0.178. The quantitative estimate of drug-likeness (QED) is 0.666. The van der Waals surface area contributed by atoms with Crippen molar-refractivity contribution >= 4 is 17.7 Å². The number of carbonyl (C=O) groups excluding carboxylic acids is 3. The van der Waals surface area contributed by atoms with Gasteiger partial charge in [0.2, 0.25) is 17.7 Å². The van der Waals surface area contributed by atoms with Gasteiger partial charge in [0, 0.05) is 19.5 Å². The minimum atomic E-state index is -0.751. The van der Waals surface area contributed by atoms with Crippen LogP contribution in [0.25, 0.3) is 0 Å². The number of rotatable bonds is 3. The van der Waals surface area contributed by atoms with Gasteiger partial charge in [0.05, 0.1) is 7.11 Å². The zero-order valence-electron chi connectivity index (χ0n) is 15.0. The van der Waals surface area contributed by atoms with E-state index in [4.69, 9.17) is 4.74 Å². The van der Waals surface area contributed by atoms with E-state index in [9.17, 15) is 14.4 Å². The molecular weight excluding hydrogens is 332 g/mol. The predicted octanol–water partition coefficient (Wildman–Crippen LogP) is 2.25. The second-order valence-corrected chi connectivity index (χ2v) is 7.53. The smallest absolute Gasteiger partial charge is 0.239 e. The largest absolute Gasteiger partial charge is 0.497 e. The minimum Gasteiger partial charge on any atom is -0.497 e. The van der Waals surface area contributed by atoms with E-state index in [1.54, 1.807) is 12.0 Å². The lowest BCUT2D eigenvalue weighted by Gasteiger charge is -2.25. The number of fused-ring (bicyclic) bond motifs is 1. The van der Waals surface area contributed by atoms with E-state index in [2.05, 4.69) is 11.4 Å². The number of ether oxygens (including phenoxy) is 1. The number of benzene rings is 1. The Hall–Kier alpha value is -2.37. The van der Waals surface area contributed by atoms with Gasteiger partial charge in [0.1, 0.15) is 11.7 Å². The lowest BCUT2D eigenvalue weighted by Crippen LogP contribution is -2.47. The monoisotopic (exact) mass is 356 g/mol. The molecule has 6 heteroatoms. The molecule has 0 spiro atoms. The zero-order valence-corrected chi connectivity index (χ0v) is 15.0. The second-order valence-electron chi connectivity index (χ2n) is 7.53. The molecule has 6 nitrogen and oxygen atoms in total. The van der Waals surface area contributed by atoms with Gasteiger partial charge < -0.3 is 9.64 Å². The maximum absolute atomic E-state index is 12.9. The molecule has 1 aliphatic carbocycles. The Morgan fingerprint density at radius 3 is 2.62 bits per heavy atom. The van der Waals surface area contributed by atoms with E-state index in [-0.39, 0.29) is 18.2 Å². The maximum Gasteiger partial charge on any atom is 0.239 e. The van der Waals surface area contributed by atoms with Crippen LogP contribution in [0.5, 0.6) is 5.75 Å². The summed E-state index contributed by atoms with van der Waals surface area (Å²) >= 11 is 0. The summed E-state index contributed by atoms with van der Waals surface area (Å²) in [5.41, 5.74) is 3.64. The summed E-state index contributed by atoms with van der Waals surface area (Å²) in [5.74, 6) is -0.320. The van der Waals surface area contributed by atoms with Crippen LogP contribution >= 0.6 is 0 Å². The predicted molar refractivity (Wildman–Crippen MR) is 94.3 cm³/mol. The summed E-state index contributed by atoms with van der Waals surface area (Å²) in [6.45, 7) is 1.05. The summed E-state index contributed by atoms with van der Waals surface area (Å²) in [6.07, 6.45) is 5.38. The molecule has 2 heterocycles. The molecule has 1 aromatic rings. The average Bonchev–Trinajstić information content (AvgIpc) is 3.29. The third-order valence-corrected chi connectivity index (χ3v) is 5.94. The Morgan fingerprint density at radius 1 is 1.15 bits per heavy atom. The van der Waals surface area contributed by atoms with Gasteiger partial charge in [-0.05, 0) is 54.0 Å². The van der Waals surface area contributed by atoms with Gasteiger partial charge in [-0.3, -0.25) is 19.7 Å². The highest BCUT2D eigenvalue weighted by molar-refractivity contribution is 6.08. The van der Waals surface area contributed by atoms with E-state index in [0.29, 0.717) is 25.4 Å². The molecule has 26 heavy (non-hydrogen) atoms. The molecule has 3 aliphatic rings. The molecule has 1 aromatic carbocycles. The molecule has 1 saturated carbocycles. The number of imide groups is 1. The average molecular weight is 356 g/mol. The molecule has 2 fully saturated rings. The lowest BCUT2D eigenvalue weighted by molar-refractivity contribution is -0.146. The van der Waals surface area contributed by atoms with Crippen LogP contribution in [0.4, 0.5) is 0 Å². The van der Waals surface area contributed by atoms with Crippen LogP contribution in [0.1, 0.15) is 61.1 Å². The zero-order chi connectivity index (χ0) is 18.3. The Bertz CT molecular complexity index is 767. The van der Waals surface area contributed by atoms with Crippen molar-refractivity contribution in [2.45, 2.75) is 57.5 Å². The number of piperidine rings is 1. The van der Waals surface area contributed by atoms with Crippen molar-refractivity contribution in [1.29, 1.82) is 0 Å². The van der Waals surface area contributed by atoms with Crippen molar-refractivity contribution in [2.24, 2.45) is 5.92 Å². The fraction of sp³-hybridized carbons (Fsp3) is 0.550. The molecule has 1 saturated heterocycles. The Morgan fingerprint density at radius 2 is 1.92 bits per heavy atom. The van der Waals surface area contributed by atoms with Crippen molar-refractivity contribution in [2.75, 3.05) is 7.11 Å². The fourth-order valence-corrected chi connectivity index (χ4v) is 4.54. The van der Waals surface area contributed by atoms with Crippen LogP contribution in [-0.2, 0) is 27.5 Å². The van der Waals surface area contributed by atoms with Crippen molar-refractivity contribution in [3.63, 3.8) is 0 Å². The molecule has 138 valence electrons. The van der Waals surface area contributed by atoms with E-state index < -0.39 is 11.8 Å². The SMILES string of the molecule is COc1cc2c(c(C3CCCC3)c1)CN(C(=O)C1CCC(=O)NC1=O)C2. The second kappa shape index (κ2) is 6.74. The van der Waals surface area contributed by atoms with Crippen LogP contribution < -0.4 is 10.1 Å². The first-order valence-electron chi connectivity index (χ1n) is 9.39. The van der Waals surface area contributed by atoms with Crippen LogP contribution in [0.3, 0.4) is 0 Å².